The number of aromatic nitrogens is 1. The van der Waals surface area contributed by atoms with Crippen molar-refractivity contribution in [3.05, 3.63) is 29.3 Å². The number of halogens is 2. The maximum Gasteiger partial charge on any atom is 0.104 e. The molecular weight excluding hydrogens is 207 g/mol. The number of hydrogen-bond donors (Lipinski definition) is 2. The van der Waals surface area contributed by atoms with Crippen molar-refractivity contribution in [1.29, 1.82) is 0 Å². The number of hydrogen-bond acceptors (Lipinski definition) is 1. The molecule has 0 unspecified atom stereocenters. The Kier molecular flexibility index (Phi) is 3.07. The molecule has 2 N–H and O–H groups in total. The van der Waals surface area contributed by atoms with Gasteiger partial charge in [0.05, 0.1) is 0 Å². The lowest BCUT2D eigenvalue weighted by Crippen LogP contribution is -1.85. The van der Waals surface area contributed by atoms with Gasteiger partial charge in [-0.05, 0) is 24.3 Å². The van der Waals surface area contributed by atoms with Crippen LogP contribution in [-0.2, 0) is 0 Å². The lowest BCUT2D eigenvalue weighted by Gasteiger charge is -1.89. The van der Waals surface area contributed by atoms with Crippen LogP contribution in [-0.4, -0.2) is 12.0 Å². The molecule has 4 heteroatoms. The second kappa shape index (κ2) is 3.90. The molecule has 0 saturated heterocycles. The summed E-state index contributed by atoms with van der Waals surface area (Å²) in [7, 11) is 1.88. The van der Waals surface area contributed by atoms with Crippen LogP contribution in [0.2, 0.25) is 5.02 Å². The van der Waals surface area contributed by atoms with Crippen molar-refractivity contribution in [1.82, 2.24) is 4.98 Å². The van der Waals surface area contributed by atoms with E-state index in [-0.39, 0.29) is 12.4 Å². The molecule has 2 rings (SSSR count). The zero-order valence-corrected chi connectivity index (χ0v) is 8.67. The zero-order chi connectivity index (χ0) is 8.55. The van der Waals surface area contributed by atoms with Gasteiger partial charge in [-0.15, -0.1) is 12.4 Å². The second-order valence-electron chi connectivity index (χ2n) is 2.66. The normalized spacial score (nSPS) is 9.69. The first kappa shape index (κ1) is 10.2. The van der Waals surface area contributed by atoms with E-state index in [4.69, 9.17) is 11.6 Å². The van der Waals surface area contributed by atoms with Crippen LogP contribution in [0.3, 0.4) is 0 Å². The molecule has 2 aromatic rings. The monoisotopic (exact) mass is 216 g/mol. The van der Waals surface area contributed by atoms with E-state index in [1.54, 1.807) is 0 Å². The highest BCUT2D eigenvalue weighted by atomic mass is 35.5. The number of anilines is 1. The summed E-state index contributed by atoms with van der Waals surface area (Å²) in [6.07, 6.45) is 0. The topological polar surface area (TPSA) is 27.8 Å². The van der Waals surface area contributed by atoms with Gasteiger partial charge in [-0.1, -0.05) is 11.6 Å². The van der Waals surface area contributed by atoms with E-state index in [2.05, 4.69) is 10.3 Å². The number of H-pyrrole nitrogens is 1. The summed E-state index contributed by atoms with van der Waals surface area (Å²) in [5.74, 6) is 1.01. The van der Waals surface area contributed by atoms with E-state index in [0.717, 1.165) is 21.7 Å². The number of nitrogens with one attached hydrogen (secondary N) is 2. The van der Waals surface area contributed by atoms with Crippen molar-refractivity contribution in [3.8, 4) is 0 Å². The summed E-state index contributed by atoms with van der Waals surface area (Å²) in [4.78, 5) is 3.20. The molecule has 0 amide bonds. The van der Waals surface area contributed by atoms with Gasteiger partial charge >= 0.3 is 0 Å². The minimum absolute atomic E-state index is 0. The van der Waals surface area contributed by atoms with Crippen molar-refractivity contribution in [3.63, 3.8) is 0 Å². The highest BCUT2D eigenvalue weighted by Gasteiger charge is 1.98. The van der Waals surface area contributed by atoms with Crippen molar-refractivity contribution < 1.29 is 0 Å². The molecule has 0 saturated carbocycles. The summed E-state index contributed by atoms with van der Waals surface area (Å²) < 4.78 is 0. The van der Waals surface area contributed by atoms with Crippen molar-refractivity contribution >= 4 is 40.7 Å². The van der Waals surface area contributed by atoms with Crippen LogP contribution < -0.4 is 5.32 Å². The largest absolute Gasteiger partial charge is 0.375 e. The van der Waals surface area contributed by atoms with E-state index >= 15 is 0 Å². The fourth-order valence-corrected chi connectivity index (χ4v) is 1.42. The maximum atomic E-state index is 5.84. The average Bonchev–Trinajstić information content (AvgIpc) is 2.46. The number of benzene rings is 1. The average molecular weight is 217 g/mol. The van der Waals surface area contributed by atoms with Gasteiger partial charge < -0.3 is 10.3 Å². The Morgan fingerprint density at radius 1 is 1.31 bits per heavy atom. The van der Waals surface area contributed by atoms with Gasteiger partial charge in [0.1, 0.15) is 5.82 Å². The quantitative estimate of drug-likeness (QED) is 0.753. The molecule has 1 aromatic heterocycles. The molecule has 0 spiro atoms. The van der Waals surface area contributed by atoms with Gasteiger partial charge in [-0.25, -0.2) is 0 Å². The fraction of sp³-hybridized carbons (Fsp3) is 0.111. The van der Waals surface area contributed by atoms with Crippen LogP contribution in [0.15, 0.2) is 24.3 Å². The maximum absolute atomic E-state index is 5.84. The van der Waals surface area contributed by atoms with Crippen LogP contribution in [0.25, 0.3) is 10.9 Å². The third-order valence-electron chi connectivity index (χ3n) is 1.85. The van der Waals surface area contributed by atoms with Gasteiger partial charge in [0.2, 0.25) is 0 Å². The molecule has 2 nitrogen and oxygen atoms in total. The number of fused-ring (bicyclic) bond motifs is 1. The lowest BCUT2D eigenvalue weighted by molar-refractivity contribution is 1.39. The van der Waals surface area contributed by atoms with Crippen LogP contribution in [0.5, 0.6) is 0 Å². The first-order chi connectivity index (χ1) is 5.79. The van der Waals surface area contributed by atoms with E-state index in [0.29, 0.717) is 0 Å². The lowest BCUT2D eigenvalue weighted by atomic mass is 10.2. The van der Waals surface area contributed by atoms with Crippen molar-refractivity contribution in [2.24, 2.45) is 0 Å². The summed E-state index contributed by atoms with van der Waals surface area (Å²) in [5, 5.41) is 4.94. The Balaban J connectivity index is 0.000000845. The van der Waals surface area contributed by atoms with Crippen molar-refractivity contribution in [2.75, 3.05) is 12.4 Å². The molecule has 0 atom stereocenters. The standard InChI is InChI=1S/C9H9ClN2.ClH/c1-11-9-5-6-4-7(10)2-3-8(6)12-9;/h2-5,11-12H,1H3;1H. The third-order valence-corrected chi connectivity index (χ3v) is 2.09. The smallest absolute Gasteiger partial charge is 0.104 e. The van der Waals surface area contributed by atoms with E-state index in [1.807, 2.05) is 31.3 Å². The zero-order valence-electron chi connectivity index (χ0n) is 7.10. The molecular formula is C9H10Cl2N2. The van der Waals surface area contributed by atoms with Crippen LogP contribution in [0.4, 0.5) is 5.82 Å². The molecule has 1 aromatic carbocycles. The molecule has 0 aliphatic carbocycles. The molecule has 0 aliphatic rings. The Labute approximate surface area is 87.7 Å². The van der Waals surface area contributed by atoms with Crippen LogP contribution in [0, 0.1) is 0 Å². The minimum Gasteiger partial charge on any atom is -0.375 e. The van der Waals surface area contributed by atoms with Crippen LogP contribution in [0.1, 0.15) is 0 Å². The molecule has 0 bridgehead atoms. The first-order valence-corrected chi connectivity index (χ1v) is 4.13. The highest BCUT2D eigenvalue weighted by Crippen LogP contribution is 2.21. The molecule has 0 aliphatic heterocycles. The number of rotatable bonds is 1. The predicted molar refractivity (Wildman–Crippen MR) is 60.1 cm³/mol. The van der Waals surface area contributed by atoms with E-state index in [1.165, 1.54) is 0 Å². The van der Waals surface area contributed by atoms with Gasteiger partial charge in [-0.2, -0.15) is 0 Å². The van der Waals surface area contributed by atoms with Gasteiger partial charge in [0.25, 0.3) is 0 Å². The van der Waals surface area contributed by atoms with E-state index < -0.39 is 0 Å². The van der Waals surface area contributed by atoms with Gasteiger partial charge in [0.15, 0.2) is 0 Å². The highest BCUT2D eigenvalue weighted by molar-refractivity contribution is 6.31. The molecule has 0 radical (unpaired) electrons. The summed E-state index contributed by atoms with van der Waals surface area (Å²) in [6, 6.07) is 7.81. The molecule has 70 valence electrons. The Bertz CT molecular complexity index is 409. The molecule has 1 heterocycles. The fourth-order valence-electron chi connectivity index (χ4n) is 1.24. The molecule has 0 fully saturated rings. The first-order valence-electron chi connectivity index (χ1n) is 3.75. The number of aromatic amines is 1. The molecule has 13 heavy (non-hydrogen) atoms. The Morgan fingerprint density at radius 3 is 2.77 bits per heavy atom. The van der Waals surface area contributed by atoms with E-state index in [9.17, 15) is 0 Å². The second-order valence-corrected chi connectivity index (χ2v) is 3.10. The Morgan fingerprint density at radius 2 is 2.08 bits per heavy atom. The SMILES string of the molecule is CNc1cc2cc(Cl)ccc2[nH]1.Cl. The van der Waals surface area contributed by atoms with Crippen molar-refractivity contribution in [2.45, 2.75) is 0 Å². The summed E-state index contributed by atoms with van der Waals surface area (Å²) in [5.41, 5.74) is 1.10. The summed E-state index contributed by atoms with van der Waals surface area (Å²) in [6.45, 7) is 0. The predicted octanol–water partition coefficient (Wildman–Crippen LogP) is 3.28. The summed E-state index contributed by atoms with van der Waals surface area (Å²) >= 11 is 5.84. The Hall–Kier alpha value is -0.860. The van der Waals surface area contributed by atoms with Gasteiger partial charge in [0, 0.05) is 23.0 Å². The van der Waals surface area contributed by atoms with Crippen LogP contribution >= 0.6 is 24.0 Å². The third kappa shape index (κ3) is 1.90. The minimum atomic E-state index is 0. The van der Waals surface area contributed by atoms with Gasteiger partial charge in [-0.3, -0.25) is 0 Å².